The van der Waals surface area contributed by atoms with Gasteiger partial charge in [0, 0.05) is 12.6 Å². The zero-order valence-corrected chi connectivity index (χ0v) is 11.2. The molecule has 1 N–H and O–H groups in total. The maximum atomic E-state index is 14.1. The molecule has 1 aliphatic carbocycles. The third-order valence-electron chi connectivity index (χ3n) is 3.87. The zero-order valence-electron chi connectivity index (χ0n) is 11.2. The van der Waals surface area contributed by atoms with Gasteiger partial charge in [0.25, 0.3) is 0 Å². The van der Waals surface area contributed by atoms with Crippen molar-refractivity contribution in [1.82, 2.24) is 0 Å². The molecule has 0 unspecified atom stereocenters. The second kappa shape index (κ2) is 5.70. The van der Waals surface area contributed by atoms with Gasteiger partial charge in [-0.2, -0.15) is 0 Å². The van der Waals surface area contributed by atoms with Gasteiger partial charge in [-0.1, -0.05) is 18.9 Å². The molecule has 2 nitrogen and oxygen atoms in total. The van der Waals surface area contributed by atoms with Crippen molar-refractivity contribution in [2.45, 2.75) is 51.7 Å². The van der Waals surface area contributed by atoms with Crippen molar-refractivity contribution in [3.05, 3.63) is 29.6 Å². The number of halogens is 1. The van der Waals surface area contributed by atoms with E-state index in [0.717, 1.165) is 19.4 Å². The lowest BCUT2D eigenvalue weighted by Crippen LogP contribution is -2.33. The van der Waals surface area contributed by atoms with E-state index in [-0.39, 0.29) is 5.82 Å². The van der Waals surface area contributed by atoms with Crippen LogP contribution in [0.5, 0.6) is 0 Å². The Kier molecular flexibility index (Phi) is 4.23. The van der Waals surface area contributed by atoms with Gasteiger partial charge in [0.15, 0.2) is 0 Å². The van der Waals surface area contributed by atoms with Crippen LogP contribution in [0.25, 0.3) is 0 Å². The molecule has 1 aliphatic rings. The molecule has 1 atom stereocenters. The summed E-state index contributed by atoms with van der Waals surface area (Å²) >= 11 is 0. The van der Waals surface area contributed by atoms with Gasteiger partial charge in [-0.3, -0.25) is 0 Å². The molecular weight excluding hydrogens is 229 g/mol. The summed E-state index contributed by atoms with van der Waals surface area (Å²) < 4.78 is 14.1. The lowest BCUT2D eigenvalue weighted by Gasteiger charge is -2.30. The minimum absolute atomic E-state index is 0.220. The number of nitrogens with zero attached hydrogens (tertiary/aromatic N) is 1. The second-order valence-electron chi connectivity index (χ2n) is 5.11. The van der Waals surface area contributed by atoms with Gasteiger partial charge in [-0.25, -0.2) is 4.39 Å². The molecule has 0 heterocycles. The van der Waals surface area contributed by atoms with Crippen LogP contribution in [0.3, 0.4) is 0 Å². The minimum Gasteiger partial charge on any atom is -0.389 e. The average Bonchev–Trinajstić information content (AvgIpc) is 2.85. The van der Waals surface area contributed by atoms with Gasteiger partial charge in [-0.15, -0.1) is 0 Å². The number of hydrogen-bond acceptors (Lipinski definition) is 2. The Morgan fingerprint density at radius 2 is 2.06 bits per heavy atom. The first-order chi connectivity index (χ1) is 8.63. The molecule has 0 aromatic heterocycles. The van der Waals surface area contributed by atoms with E-state index in [1.807, 2.05) is 6.07 Å². The van der Waals surface area contributed by atoms with Crippen molar-refractivity contribution in [1.29, 1.82) is 0 Å². The van der Waals surface area contributed by atoms with Crippen LogP contribution in [0.1, 0.15) is 51.2 Å². The smallest absolute Gasteiger partial charge is 0.146 e. The molecule has 100 valence electrons. The van der Waals surface area contributed by atoms with E-state index in [1.165, 1.54) is 18.9 Å². The Balaban J connectivity index is 2.25. The summed E-state index contributed by atoms with van der Waals surface area (Å²) in [7, 11) is 0. The van der Waals surface area contributed by atoms with Gasteiger partial charge < -0.3 is 10.0 Å². The van der Waals surface area contributed by atoms with Crippen molar-refractivity contribution in [3.63, 3.8) is 0 Å². The first-order valence-electron chi connectivity index (χ1n) is 6.87. The molecular formula is C15H22FNO. The van der Waals surface area contributed by atoms with Crippen LogP contribution in [0.4, 0.5) is 10.1 Å². The van der Waals surface area contributed by atoms with Crippen LogP contribution in [0.15, 0.2) is 18.2 Å². The van der Waals surface area contributed by atoms with Crippen LogP contribution in [-0.2, 0) is 0 Å². The van der Waals surface area contributed by atoms with Gasteiger partial charge in [0.1, 0.15) is 5.82 Å². The van der Waals surface area contributed by atoms with Gasteiger partial charge in [0.05, 0.1) is 11.8 Å². The monoisotopic (exact) mass is 251 g/mol. The van der Waals surface area contributed by atoms with Gasteiger partial charge >= 0.3 is 0 Å². The molecule has 0 amide bonds. The number of benzene rings is 1. The highest BCUT2D eigenvalue weighted by Crippen LogP contribution is 2.30. The summed E-state index contributed by atoms with van der Waals surface area (Å²) in [6.07, 6.45) is 4.19. The standard InChI is InChI=1S/C15H22FNO/c1-3-17(13-6-4-5-7-13)15-9-8-12(11(2)18)10-14(15)16/h8-11,13,18H,3-7H2,1-2H3/t11-/m1/s1. The zero-order chi connectivity index (χ0) is 13.1. The topological polar surface area (TPSA) is 23.5 Å². The van der Waals surface area contributed by atoms with E-state index in [4.69, 9.17) is 0 Å². The lowest BCUT2D eigenvalue weighted by atomic mass is 10.1. The molecule has 1 aromatic carbocycles. The van der Waals surface area contributed by atoms with Gasteiger partial charge in [-0.05, 0) is 44.4 Å². The fourth-order valence-corrected chi connectivity index (χ4v) is 2.86. The molecule has 2 rings (SSSR count). The van der Waals surface area contributed by atoms with E-state index in [1.54, 1.807) is 13.0 Å². The van der Waals surface area contributed by atoms with Crippen molar-refractivity contribution < 1.29 is 9.50 Å². The molecule has 0 spiro atoms. The third kappa shape index (κ3) is 2.66. The van der Waals surface area contributed by atoms with Crippen LogP contribution < -0.4 is 4.90 Å². The van der Waals surface area contributed by atoms with Crippen molar-refractivity contribution in [3.8, 4) is 0 Å². The minimum atomic E-state index is -0.616. The molecule has 0 radical (unpaired) electrons. The van der Waals surface area contributed by atoms with Crippen molar-refractivity contribution in [2.75, 3.05) is 11.4 Å². The first-order valence-corrected chi connectivity index (χ1v) is 6.87. The fraction of sp³-hybridized carbons (Fsp3) is 0.600. The molecule has 1 aromatic rings. The molecule has 1 fully saturated rings. The Hall–Kier alpha value is -1.09. The average molecular weight is 251 g/mol. The normalized spacial score (nSPS) is 18.0. The number of hydrogen-bond donors (Lipinski definition) is 1. The Morgan fingerprint density at radius 1 is 1.39 bits per heavy atom. The maximum absolute atomic E-state index is 14.1. The number of anilines is 1. The van der Waals surface area contributed by atoms with E-state index in [0.29, 0.717) is 17.3 Å². The quantitative estimate of drug-likeness (QED) is 0.883. The molecule has 1 saturated carbocycles. The number of aliphatic hydroxyl groups excluding tert-OH is 1. The molecule has 18 heavy (non-hydrogen) atoms. The summed E-state index contributed by atoms with van der Waals surface area (Å²) in [5, 5.41) is 9.47. The van der Waals surface area contributed by atoms with E-state index < -0.39 is 6.10 Å². The highest BCUT2D eigenvalue weighted by atomic mass is 19.1. The first kappa shape index (κ1) is 13.3. The summed E-state index contributed by atoms with van der Waals surface area (Å²) in [6, 6.07) is 5.55. The lowest BCUT2D eigenvalue weighted by molar-refractivity contribution is 0.199. The number of rotatable bonds is 4. The fourth-order valence-electron chi connectivity index (χ4n) is 2.86. The van der Waals surface area contributed by atoms with Crippen LogP contribution in [0.2, 0.25) is 0 Å². The summed E-state index contributed by atoms with van der Waals surface area (Å²) in [4.78, 5) is 2.16. The van der Waals surface area contributed by atoms with E-state index in [9.17, 15) is 9.50 Å². The van der Waals surface area contributed by atoms with Crippen molar-refractivity contribution in [2.24, 2.45) is 0 Å². The van der Waals surface area contributed by atoms with Crippen LogP contribution in [0, 0.1) is 5.82 Å². The summed E-state index contributed by atoms with van der Waals surface area (Å²) in [5.41, 5.74) is 1.31. The maximum Gasteiger partial charge on any atom is 0.146 e. The molecule has 3 heteroatoms. The van der Waals surface area contributed by atoms with E-state index in [2.05, 4.69) is 11.8 Å². The van der Waals surface area contributed by atoms with E-state index >= 15 is 0 Å². The predicted molar refractivity (Wildman–Crippen MR) is 72.3 cm³/mol. The Bertz CT molecular complexity index is 399. The Labute approximate surface area is 108 Å². The number of aliphatic hydroxyl groups is 1. The largest absolute Gasteiger partial charge is 0.389 e. The SMILES string of the molecule is CCN(c1ccc([C@@H](C)O)cc1F)C1CCCC1. The highest BCUT2D eigenvalue weighted by Gasteiger charge is 2.23. The van der Waals surface area contributed by atoms with Crippen molar-refractivity contribution >= 4 is 5.69 Å². The predicted octanol–water partition coefficient (Wildman–Crippen LogP) is 3.65. The van der Waals surface area contributed by atoms with Crippen LogP contribution in [-0.4, -0.2) is 17.7 Å². The summed E-state index contributed by atoms with van der Waals surface area (Å²) in [5.74, 6) is -0.220. The molecule has 0 saturated heterocycles. The van der Waals surface area contributed by atoms with Gasteiger partial charge in [0.2, 0.25) is 0 Å². The second-order valence-corrected chi connectivity index (χ2v) is 5.11. The third-order valence-corrected chi connectivity index (χ3v) is 3.87. The summed E-state index contributed by atoms with van der Waals surface area (Å²) in [6.45, 7) is 4.55. The molecule has 0 bridgehead atoms. The highest BCUT2D eigenvalue weighted by molar-refractivity contribution is 5.50. The molecule has 0 aliphatic heterocycles. The van der Waals surface area contributed by atoms with Crippen LogP contribution >= 0.6 is 0 Å². The Morgan fingerprint density at radius 3 is 2.56 bits per heavy atom.